The van der Waals surface area contributed by atoms with Gasteiger partial charge in [0.1, 0.15) is 11.8 Å². The summed E-state index contributed by atoms with van der Waals surface area (Å²) in [6, 6.07) is 4.13. The molecular weight excluding hydrogens is 202 g/mol. The number of anilines is 1. The highest BCUT2D eigenvalue weighted by molar-refractivity contribution is 5.65. The van der Waals surface area contributed by atoms with Crippen LogP contribution in [-0.2, 0) is 0 Å². The topological polar surface area (TPSA) is 68.2 Å². The molecule has 0 aliphatic carbocycles. The van der Waals surface area contributed by atoms with Crippen molar-refractivity contribution in [2.45, 2.75) is 18.8 Å². The Morgan fingerprint density at radius 2 is 2.12 bits per heavy atom. The third-order valence-electron chi connectivity index (χ3n) is 3.27. The first-order chi connectivity index (χ1) is 7.86. The van der Waals surface area contributed by atoms with E-state index in [1.54, 1.807) is 0 Å². The zero-order valence-electron chi connectivity index (χ0n) is 9.06. The lowest BCUT2D eigenvalue weighted by Crippen LogP contribution is -2.27. The maximum absolute atomic E-state index is 5.81. The maximum atomic E-state index is 5.81. The number of nitrogens with two attached hydrogens (primary N) is 1. The van der Waals surface area contributed by atoms with E-state index in [4.69, 9.17) is 5.73 Å². The van der Waals surface area contributed by atoms with Crippen LogP contribution in [0, 0.1) is 0 Å². The first kappa shape index (κ1) is 9.59. The van der Waals surface area contributed by atoms with Crippen LogP contribution in [-0.4, -0.2) is 27.7 Å². The highest BCUT2D eigenvalue weighted by Crippen LogP contribution is 2.27. The minimum absolute atomic E-state index is 0.551. The fourth-order valence-corrected chi connectivity index (χ4v) is 2.40. The van der Waals surface area contributed by atoms with Crippen LogP contribution in [0.2, 0.25) is 0 Å². The normalized spacial score (nSPS) is 18.0. The third kappa shape index (κ3) is 1.44. The van der Waals surface area contributed by atoms with Gasteiger partial charge in [-0.15, -0.1) is 0 Å². The SMILES string of the molecule is Nc1ncnn2c(C3CCNCC3)ccc12. The molecular formula is C11H15N5. The van der Waals surface area contributed by atoms with E-state index in [1.807, 2.05) is 10.6 Å². The molecule has 84 valence electrons. The summed E-state index contributed by atoms with van der Waals surface area (Å²) in [6.07, 6.45) is 3.85. The summed E-state index contributed by atoms with van der Waals surface area (Å²) in [5, 5.41) is 7.65. The molecule has 3 rings (SSSR count). The van der Waals surface area contributed by atoms with Crippen LogP contribution >= 0.6 is 0 Å². The fraction of sp³-hybridized carbons (Fsp3) is 0.455. The molecule has 16 heavy (non-hydrogen) atoms. The number of nitrogens with zero attached hydrogens (tertiary/aromatic N) is 3. The van der Waals surface area contributed by atoms with E-state index in [1.165, 1.54) is 12.0 Å². The van der Waals surface area contributed by atoms with E-state index in [9.17, 15) is 0 Å². The Balaban J connectivity index is 2.06. The van der Waals surface area contributed by atoms with Crippen LogP contribution in [0.25, 0.3) is 5.52 Å². The zero-order chi connectivity index (χ0) is 11.0. The molecule has 0 spiro atoms. The first-order valence-corrected chi connectivity index (χ1v) is 5.65. The molecule has 2 aromatic rings. The van der Waals surface area contributed by atoms with Gasteiger partial charge in [0.15, 0.2) is 5.82 Å². The first-order valence-electron chi connectivity index (χ1n) is 5.65. The van der Waals surface area contributed by atoms with Gasteiger partial charge in [0.25, 0.3) is 0 Å². The van der Waals surface area contributed by atoms with E-state index in [-0.39, 0.29) is 0 Å². The van der Waals surface area contributed by atoms with Gasteiger partial charge in [0.05, 0.1) is 0 Å². The molecule has 5 nitrogen and oxygen atoms in total. The van der Waals surface area contributed by atoms with Gasteiger partial charge < -0.3 is 11.1 Å². The minimum Gasteiger partial charge on any atom is -0.382 e. The quantitative estimate of drug-likeness (QED) is 0.740. The predicted octanol–water partition coefficient (Wildman–Crippen LogP) is 0.778. The fourth-order valence-electron chi connectivity index (χ4n) is 2.40. The number of hydrogen-bond donors (Lipinski definition) is 2. The van der Waals surface area contributed by atoms with Crippen molar-refractivity contribution < 1.29 is 0 Å². The molecule has 0 atom stereocenters. The van der Waals surface area contributed by atoms with Gasteiger partial charge >= 0.3 is 0 Å². The minimum atomic E-state index is 0.551. The molecule has 1 fully saturated rings. The Kier molecular flexibility index (Phi) is 2.25. The molecule has 2 aromatic heterocycles. The second kappa shape index (κ2) is 3.75. The lowest BCUT2D eigenvalue weighted by molar-refractivity contribution is 0.448. The number of nitrogens with one attached hydrogen (secondary N) is 1. The summed E-state index contributed by atoms with van der Waals surface area (Å²) < 4.78 is 1.93. The van der Waals surface area contributed by atoms with E-state index in [0.717, 1.165) is 31.4 Å². The molecule has 3 heterocycles. The molecule has 1 aliphatic rings. The van der Waals surface area contributed by atoms with Crippen molar-refractivity contribution in [1.82, 2.24) is 19.9 Å². The van der Waals surface area contributed by atoms with E-state index >= 15 is 0 Å². The maximum Gasteiger partial charge on any atom is 0.151 e. The van der Waals surface area contributed by atoms with Gasteiger partial charge in [0.2, 0.25) is 0 Å². The average molecular weight is 217 g/mol. The van der Waals surface area contributed by atoms with Gasteiger partial charge in [-0.25, -0.2) is 9.50 Å². The van der Waals surface area contributed by atoms with Crippen LogP contribution in [0.3, 0.4) is 0 Å². The molecule has 3 N–H and O–H groups in total. The number of aromatic nitrogens is 3. The smallest absolute Gasteiger partial charge is 0.151 e. The van der Waals surface area contributed by atoms with Crippen molar-refractivity contribution in [3.05, 3.63) is 24.2 Å². The van der Waals surface area contributed by atoms with Crippen LogP contribution in [0.15, 0.2) is 18.5 Å². The number of nitrogen functional groups attached to an aromatic ring is 1. The molecule has 0 aromatic carbocycles. The number of hydrogen-bond acceptors (Lipinski definition) is 4. The zero-order valence-corrected chi connectivity index (χ0v) is 9.06. The Morgan fingerprint density at radius 3 is 2.94 bits per heavy atom. The Bertz CT molecular complexity index is 498. The summed E-state index contributed by atoms with van der Waals surface area (Å²) in [6.45, 7) is 2.16. The predicted molar refractivity (Wildman–Crippen MR) is 62.2 cm³/mol. The molecule has 0 bridgehead atoms. The van der Waals surface area contributed by atoms with Gasteiger partial charge in [0, 0.05) is 11.6 Å². The highest BCUT2D eigenvalue weighted by atomic mass is 15.3. The van der Waals surface area contributed by atoms with E-state index in [0.29, 0.717) is 11.7 Å². The van der Waals surface area contributed by atoms with E-state index < -0.39 is 0 Å². The molecule has 5 heteroatoms. The van der Waals surface area contributed by atoms with Crippen molar-refractivity contribution >= 4 is 11.3 Å². The van der Waals surface area contributed by atoms with Gasteiger partial charge in [-0.2, -0.15) is 5.10 Å². The van der Waals surface area contributed by atoms with Gasteiger partial charge in [-0.1, -0.05) is 0 Å². The molecule has 0 saturated carbocycles. The van der Waals surface area contributed by atoms with Crippen molar-refractivity contribution in [2.24, 2.45) is 0 Å². The monoisotopic (exact) mass is 217 g/mol. The Hall–Kier alpha value is -1.62. The molecule has 1 saturated heterocycles. The van der Waals surface area contributed by atoms with Crippen LogP contribution in [0.1, 0.15) is 24.5 Å². The Morgan fingerprint density at radius 1 is 1.31 bits per heavy atom. The lowest BCUT2D eigenvalue weighted by Gasteiger charge is -2.22. The second-order valence-corrected chi connectivity index (χ2v) is 4.22. The summed E-state index contributed by atoms with van der Waals surface area (Å²) in [5.74, 6) is 1.13. The largest absolute Gasteiger partial charge is 0.382 e. The summed E-state index contributed by atoms with van der Waals surface area (Å²) in [7, 11) is 0. The summed E-state index contributed by atoms with van der Waals surface area (Å²) >= 11 is 0. The number of fused-ring (bicyclic) bond motifs is 1. The molecule has 1 aliphatic heterocycles. The van der Waals surface area contributed by atoms with Crippen molar-refractivity contribution in [1.29, 1.82) is 0 Å². The molecule has 0 radical (unpaired) electrons. The van der Waals surface area contributed by atoms with Crippen molar-refractivity contribution in [2.75, 3.05) is 18.8 Å². The van der Waals surface area contributed by atoms with Crippen molar-refractivity contribution in [3.63, 3.8) is 0 Å². The summed E-state index contributed by atoms with van der Waals surface area (Å²) in [5.41, 5.74) is 7.98. The second-order valence-electron chi connectivity index (χ2n) is 4.22. The third-order valence-corrected chi connectivity index (χ3v) is 3.27. The van der Waals surface area contributed by atoms with Crippen LogP contribution in [0.4, 0.5) is 5.82 Å². The number of piperidine rings is 1. The number of rotatable bonds is 1. The molecule has 0 unspecified atom stereocenters. The van der Waals surface area contributed by atoms with Crippen LogP contribution < -0.4 is 11.1 Å². The van der Waals surface area contributed by atoms with E-state index in [2.05, 4.69) is 21.5 Å². The summed E-state index contributed by atoms with van der Waals surface area (Å²) in [4.78, 5) is 4.00. The average Bonchev–Trinajstić information content (AvgIpc) is 2.75. The highest BCUT2D eigenvalue weighted by Gasteiger charge is 2.19. The Labute approximate surface area is 93.7 Å². The standard InChI is InChI=1S/C11H15N5/c12-11-10-2-1-9(16(10)15-7-14-11)8-3-5-13-6-4-8/h1-2,7-8,13H,3-6H2,(H2,12,14,15). The molecule has 0 amide bonds. The van der Waals surface area contributed by atoms with Gasteiger partial charge in [-0.3, -0.25) is 0 Å². The van der Waals surface area contributed by atoms with Crippen LogP contribution in [0.5, 0.6) is 0 Å². The van der Waals surface area contributed by atoms with Gasteiger partial charge in [-0.05, 0) is 38.1 Å². The van der Waals surface area contributed by atoms with Crippen molar-refractivity contribution in [3.8, 4) is 0 Å². The lowest BCUT2D eigenvalue weighted by atomic mass is 9.95.